The Labute approximate surface area is 172 Å². The van der Waals surface area contributed by atoms with Gasteiger partial charge in [0.2, 0.25) is 0 Å². The second-order valence-electron chi connectivity index (χ2n) is 8.50. The number of hydrogen-bond donors (Lipinski definition) is 3. The fourth-order valence-corrected chi connectivity index (χ4v) is 4.91. The van der Waals surface area contributed by atoms with Gasteiger partial charge in [-0.05, 0) is 60.0 Å². The number of H-pyrrole nitrogens is 1. The summed E-state index contributed by atoms with van der Waals surface area (Å²) in [6.07, 6.45) is 1.13. The van der Waals surface area contributed by atoms with Crippen LogP contribution < -0.4 is 10.6 Å². The van der Waals surface area contributed by atoms with Crippen molar-refractivity contribution in [1.82, 2.24) is 15.6 Å². The van der Waals surface area contributed by atoms with Crippen LogP contribution in [-0.2, 0) is 6.54 Å². The zero-order valence-corrected chi connectivity index (χ0v) is 17.7. The van der Waals surface area contributed by atoms with Crippen LogP contribution in [-0.4, -0.2) is 16.6 Å². The van der Waals surface area contributed by atoms with Crippen molar-refractivity contribution in [3.05, 3.63) is 71.4 Å². The van der Waals surface area contributed by atoms with Crippen molar-refractivity contribution in [2.75, 3.05) is 6.54 Å². The lowest BCUT2D eigenvalue weighted by Crippen LogP contribution is -2.35. The zero-order valence-electron chi connectivity index (χ0n) is 16.9. The van der Waals surface area contributed by atoms with E-state index in [1.807, 2.05) is 6.07 Å². The molecule has 0 bridgehead atoms. The van der Waals surface area contributed by atoms with Gasteiger partial charge >= 0.3 is 0 Å². The van der Waals surface area contributed by atoms with E-state index in [4.69, 9.17) is 12.2 Å². The smallest absolute Gasteiger partial charge is 0.166 e. The van der Waals surface area contributed by atoms with Gasteiger partial charge < -0.3 is 15.6 Å². The third-order valence-electron chi connectivity index (χ3n) is 6.34. The Bertz CT molecular complexity index is 974. The average Bonchev–Trinajstić information content (AvgIpc) is 3.05. The maximum Gasteiger partial charge on any atom is 0.166 e. The van der Waals surface area contributed by atoms with E-state index in [9.17, 15) is 0 Å². The van der Waals surface area contributed by atoms with E-state index < -0.39 is 0 Å². The van der Waals surface area contributed by atoms with Crippen LogP contribution in [0, 0.1) is 18.3 Å². The first-order valence-corrected chi connectivity index (χ1v) is 10.5. The minimum absolute atomic E-state index is 0.330. The topological polar surface area (TPSA) is 39.9 Å². The molecule has 0 radical (unpaired) electrons. The molecule has 4 rings (SSSR count). The fraction of sp³-hybridized carbons (Fsp3) is 0.375. The van der Waals surface area contributed by atoms with E-state index in [1.165, 1.54) is 27.7 Å². The van der Waals surface area contributed by atoms with Crippen molar-refractivity contribution in [2.45, 2.75) is 39.7 Å². The Morgan fingerprint density at radius 3 is 2.54 bits per heavy atom. The molecule has 28 heavy (non-hydrogen) atoms. The second-order valence-corrected chi connectivity index (χ2v) is 8.91. The van der Waals surface area contributed by atoms with Gasteiger partial charge in [0.25, 0.3) is 0 Å². The number of aromatic nitrogens is 1. The maximum atomic E-state index is 5.45. The summed E-state index contributed by atoms with van der Waals surface area (Å²) in [6, 6.07) is 19.0. The normalized spacial score (nSPS) is 20.1. The summed E-state index contributed by atoms with van der Waals surface area (Å²) >= 11 is 5.45. The molecule has 2 unspecified atom stereocenters. The third-order valence-corrected chi connectivity index (χ3v) is 6.63. The molecule has 1 aromatic heterocycles. The highest BCUT2D eigenvalue weighted by atomic mass is 32.1. The minimum Gasteiger partial charge on any atom is -0.363 e. The van der Waals surface area contributed by atoms with Crippen molar-refractivity contribution in [1.29, 1.82) is 0 Å². The Morgan fingerprint density at radius 1 is 1.04 bits per heavy atom. The SMILES string of the molecule is Cc1[nH]c2ccccc2c1C1C(CCNC(=S)NCc2ccccc2)C1(C)C. The van der Waals surface area contributed by atoms with Gasteiger partial charge in [0.05, 0.1) is 0 Å². The quantitative estimate of drug-likeness (QED) is 0.501. The van der Waals surface area contributed by atoms with E-state index in [0.717, 1.165) is 24.6 Å². The molecular formula is C24H29N3S. The predicted molar refractivity (Wildman–Crippen MR) is 122 cm³/mol. The van der Waals surface area contributed by atoms with E-state index in [0.29, 0.717) is 17.3 Å². The molecule has 0 spiro atoms. The molecule has 3 aromatic rings. The highest BCUT2D eigenvalue weighted by Crippen LogP contribution is 2.67. The van der Waals surface area contributed by atoms with Crippen molar-refractivity contribution in [3.63, 3.8) is 0 Å². The van der Waals surface area contributed by atoms with E-state index in [-0.39, 0.29) is 0 Å². The first-order valence-electron chi connectivity index (χ1n) is 10.1. The number of benzene rings is 2. The Kier molecular flexibility index (Phi) is 5.15. The zero-order chi connectivity index (χ0) is 19.7. The molecule has 146 valence electrons. The monoisotopic (exact) mass is 391 g/mol. The van der Waals surface area contributed by atoms with Gasteiger partial charge in [-0.1, -0.05) is 62.4 Å². The maximum absolute atomic E-state index is 5.45. The van der Waals surface area contributed by atoms with Gasteiger partial charge in [-0.3, -0.25) is 0 Å². The molecule has 2 aromatic carbocycles. The number of thiocarbonyl (C=S) groups is 1. The average molecular weight is 392 g/mol. The Hall–Kier alpha value is -2.33. The number of fused-ring (bicyclic) bond motifs is 1. The number of rotatable bonds is 6. The van der Waals surface area contributed by atoms with Crippen LogP contribution in [0.15, 0.2) is 54.6 Å². The molecule has 3 nitrogen and oxygen atoms in total. The van der Waals surface area contributed by atoms with E-state index >= 15 is 0 Å². The number of hydrogen-bond acceptors (Lipinski definition) is 1. The Morgan fingerprint density at radius 2 is 1.75 bits per heavy atom. The lowest BCUT2D eigenvalue weighted by atomic mass is 10.0. The van der Waals surface area contributed by atoms with Crippen LogP contribution in [0.2, 0.25) is 0 Å². The largest absolute Gasteiger partial charge is 0.363 e. The summed E-state index contributed by atoms with van der Waals surface area (Å²) in [5.74, 6) is 1.28. The van der Waals surface area contributed by atoms with Gasteiger partial charge in [0, 0.05) is 29.7 Å². The summed E-state index contributed by atoms with van der Waals surface area (Å²) in [6.45, 7) is 8.68. The first kappa shape index (κ1) is 19.0. The lowest BCUT2D eigenvalue weighted by molar-refractivity contribution is 0.527. The molecule has 3 N–H and O–H groups in total. The van der Waals surface area contributed by atoms with Gasteiger partial charge in [0.15, 0.2) is 5.11 Å². The molecule has 1 aliphatic rings. The van der Waals surface area contributed by atoms with Crippen LogP contribution in [0.1, 0.15) is 43.0 Å². The Balaban J connectivity index is 1.33. The summed E-state index contributed by atoms with van der Waals surface area (Å²) < 4.78 is 0. The van der Waals surface area contributed by atoms with Gasteiger partial charge in [0.1, 0.15) is 0 Å². The number of nitrogens with one attached hydrogen (secondary N) is 3. The number of aryl methyl sites for hydroxylation is 1. The molecule has 1 fully saturated rings. The predicted octanol–water partition coefficient (Wildman–Crippen LogP) is 5.27. The van der Waals surface area contributed by atoms with Crippen LogP contribution in [0.3, 0.4) is 0 Å². The summed E-state index contributed by atoms with van der Waals surface area (Å²) in [5, 5.41) is 8.81. The molecule has 0 saturated heterocycles. The van der Waals surface area contributed by atoms with Crippen molar-refractivity contribution in [2.24, 2.45) is 11.3 Å². The summed E-state index contributed by atoms with van der Waals surface area (Å²) in [5.41, 5.74) is 5.65. The standard InChI is InChI=1S/C24H29N3S/c1-16-21(18-11-7-8-12-20(18)27-16)22-19(24(22,2)3)13-14-25-23(28)26-15-17-9-5-4-6-10-17/h4-12,19,22,27H,13-15H2,1-3H3,(H2,25,26,28). The highest BCUT2D eigenvalue weighted by Gasteiger charge is 2.58. The first-order chi connectivity index (χ1) is 13.5. The second kappa shape index (κ2) is 7.59. The number of para-hydroxylation sites is 1. The molecule has 1 aliphatic carbocycles. The summed E-state index contributed by atoms with van der Waals surface area (Å²) in [7, 11) is 0. The molecule has 1 saturated carbocycles. The molecule has 0 amide bonds. The third kappa shape index (κ3) is 3.66. The summed E-state index contributed by atoms with van der Waals surface area (Å²) in [4.78, 5) is 3.57. The van der Waals surface area contributed by atoms with Crippen molar-refractivity contribution >= 4 is 28.2 Å². The van der Waals surface area contributed by atoms with Crippen molar-refractivity contribution < 1.29 is 0 Å². The fourth-order valence-electron chi connectivity index (χ4n) is 4.74. The van der Waals surface area contributed by atoms with Crippen LogP contribution in [0.5, 0.6) is 0 Å². The molecule has 4 heteroatoms. The lowest BCUT2D eigenvalue weighted by Gasteiger charge is -2.11. The van der Waals surface area contributed by atoms with Crippen LogP contribution in [0.4, 0.5) is 0 Å². The van der Waals surface area contributed by atoms with E-state index in [1.54, 1.807) is 0 Å². The molecule has 2 atom stereocenters. The van der Waals surface area contributed by atoms with E-state index in [2.05, 4.69) is 84.9 Å². The molecule has 0 aliphatic heterocycles. The van der Waals surface area contributed by atoms with Gasteiger partial charge in [-0.2, -0.15) is 0 Å². The highest BCUT2D eigenvalue weighted by molar-refractivity contribution is 7.80. The molecular weight excluding hydrogens is 362 g/mol. The van der Waals surface area contributed by atoms with Crippen molar-refractivity contribution in [3.8, 4) is 0 Å². The molecule has 1 heterocycles. The van der Waals surface area contributed by atoms with Gasteiger partial charge in [-0.25, -0.2) is 0 Å². The van der Waals surface area contributed by atoms with Crippen LogP contribution >= 0.6 is 12.2 Å². The van der Waals surface area contributed by atoms with Crippen LogP contribution in [0.25, 0.3) is 10.9 Å². The minimum atomic E-state index is 0.330. The van der Waals surface area contributed by atoms with Gasteiger partial charge in [-0.15, -0.1) is 0 Å². The number of aromatic amines is 1.